The van der Waals surface area contributed by atoms with Crippen molar-refractivity contribution in [3.05, 3.63) is 35.9 Å². The van der Waals surface area contributed by atoms with Crippen molar-refractivity contribution in [1.82, 2.24) is 14.8 Å². The van der Waals surface area contributed by atoms with Crippen LogP contribution in [0.2, 0.25) is 0 Å². The molecule has 0 amide bonds. The lowest BCUT2D eigenvalue weighted by atomic mass is 10.3. The zero-order chi connectivity index (χ0) is 12.3. The highest BCUT2D eigenvalue weighted by Gasteiger charge is 2.14. The number of ether oxygens (including phenoxy) is 1. The maximum absolute atomic E-state index is 5.84. The van der Waals surface area contributed by atoms with Crippen LogP contribution in [0.15, 0.2) is 24.3 Å². The van der Waals surface area contributed by atoms with Gasteiger partial charge in [-0.25, -0.2) is 0 Å². The molecule has 1 aromatic heterocycles. The summed E-state index contributed by atoms with van der Waals surface area (Å²) in [5.41, 5.74) is 6.48. The lowest BCUT2D eigenvalue weighted by Crippen LogP contribution is -2.09. The van der Waals surface area contributed by atoms with Crippen LogP contribution in [0.3, 0.4) is 0 Å². The van der Waals surface area contributed by atoms with E-state index in [0.29, 0.717) is 18.2 Å². The third-order valence-corrected chi connectivity index (χ3v) is 2.66. The van der Waals surface area contributed by atoms with Gasteiger partial charge in [0, 0.05) is 0 Å². The van der Waals surface area contributed by atoms with Crippen LogP contribution in [0, 0.1) is 0 Å². The summed E-state index contributed by atoms with van der Waals surface area (Å²) in [4.78, 5) is 0. The fraction of sp³-hybridized carbons (Fsp3) is 0.273. The van der Waals surface area contributed by atoms with E-state index in [4.69, 9.17) is 22.1 Å². The number of alkyl halides is 1. The Labute approximate surface area is 104 Å². The van der Waals surface area contributed by atoms with Crippen molar-refractivity contribution in [2.75, 3.05) is 7.11 Å². The first kappa shape index (κ1) is 11.9. The lowest BCUT2D eigenvalue weighted by Gasteiger charge is -2.12. The van der Waals surface area contributed by atoms with Crippen molar-refractivity contribution in [1.29, 1.82) is 0 Å². The Balaban J connectivity index is 2.62. The molecule has 90 valence electrons. The van der Waals surface area contributed by atoms with E-state index in [2.05, 4.69) is 10.2 Å². The average molecular weight is 253 g/mol. The van der Waals surface area contributed by atoms with E-state index in [1.807, 2.05) is 28.8 Å². The van der Waals surface area contributed by atoms with Crippen molar-refractivity contribution >= 4 is 11.6 Å². The molecule has 0 bridgehead atoms. The second-order valence-corrected chi connectivity index (χ2v) is 3.64. The predicted molar refractivity (Wildman–Crippen MR) is 65.4 cm³/mol. The Morgan fingerprint density at radius 3 is 2.65 bits per heavy atom. The molecule has 2 rings (SSSR count). The highest BCUT2D eigenvalue weighted by Crippen LogP contribution is 2.24. The molecule has 0 atom stereocenters. The standard InChI is InChI=1S/C11H13ClN4O/c1-17-9-5-3-2-4-8(9)16-10(6-12)14-15-11(16)7-13/h2-5H,6-7,13H2,1H3. The summed E-state index contributed by atoms with van der Waals surface area (Å²) in [6.07, 6.45) is 0. The van der Waals surface area contributed by atoms with Crippen molar-refractivity contribution in [2.45, 2.75) is 12.4 Å². The molecule has 1 aromatic carbocycles. The van der Waals surface area contributed by atoms with Crippen LogP contribution in [0.4, 0.5) is 0 Å². The van der Waals surface area contributed by atoms with E-state index < -0.39 is 0 Å². The summed E-state index contributed by atoms with van der Waals surface area (Å²) in [6.45, 7) is 0.294. The van der Waals surface area contributed by atoms with Gasteiger partial charge >= 0.3 is 0 Å². The van der Waals surface area contributed by atoms with Gasteiger partial charge in [0.05, 0.1) is 25.2 Å². The zero-order valence-corrected chi connectivity index (χ0v) is 10.2. The molecule has 0 saturated heterocycles. The normalized spacial score (nSPS) is 10.5. The maximum Gasteiger partial charge on any atom is 0.152 e. The number of rotatable bonds is 4. The largest absolute Gasteiger partial charge is 0.495 e. The Morgan fingerprint density at radius 2 is 2.00 bits per heavy atom. The zero-order valence-electron chi connectivity index (χ0n) is 9.43. The summed E-state index contributed by atoms with van der Waals surface area (Å²) in [5.74, 6) is 2.31. The van der Waals surface area contributed by atoms with Crippen LogP contribution in [0.5, 0.6) is 5.75 Å². The van der Waals surface area contributed by atoms with E-state index in [0.717, 1.165) is 11.4 Å². The van der Waals surface area contributed by atoms with E-state index in [1.165, 1.54) is 0 Å². The first-order chi connectivity index (χ1) is 8.31. The Kier molecular flexibility index (Phi) is 3.61. The Morgan fingerprint density at radius 1 is 1.29 bits per heavy atom. The third-order valence-electron chi connectivity index (χ3n) is 2.43. The minimum atomic E-state index is 0.269. The van der Waals surface area contributed by atoms with E-state index >= 15 is 0 Å². The highest BCUT2D eigenvalue weighted by atomic mass is 35.5. The lowest BCUT2D eigenvalue weighted by molar-refractivity contribution is 0.412. The molecular weight excluding hydrogens is 240 g/mol. The molecule has 2 N–H and O–H groups in total. The van der Waals surface area contributed by atoms with Gasteiger partial charge in [-0.05, 0) is 12.1 Å². The number of halogens is 1. The fourth-order valence-electron chi connectivity index (χ4n) is 1.67. The van der Waals surface area contributed by atoms with E-state index in [-0.39, 0.29) is 5.88 Å². The second kappa shape index (κ2) is 5.16. The van der Waals surface area contributed by atoms with Crippen molar-refractivity contribution in [3.8, 4) is 11.4 Å². The minimum absolute atomic E-state index is 0.269. The molecule has 0 spiro atoms. The monoisotopic (exact) mass is 252 g/mol. The number of hydrogen-bond donors (Lipinski definition) is 1. The first-order valence-corrected chi connectivity index (χ1v) is 5.67. The average Bonchev–Trinajstić information content (AvgIpc) is 2.81. The maximum atomic E-state index is 5.84. The first-order valence-electron chi connectivity index (χ1n) is 5.14. The number of hydrogen-bond acceptors (Lipinski definition) is 4. The molecule has 0 unspecified atom stereocenters. The Bertz CT molecular complexity index is 490. The summed E-state index contributed by atoms with van der Waals surface area (Å²) in [5, 5.41) is 8.01. The third kappa shape index (κ3) is 2.11. The smallest absolute Gasteiger partial charge is 0.152 e. The highest BCUT2D eigenvalue weighted by molar-refractivity contribution is 6.16. The topological polar surface area (TPSA) is 66.0 Å². The van der Waals surface area contributed by atoms with Gasteiger partial charge in [0.15, 0.2) is 11.6 Å². The van der Waals surface area contributed by atoms with Crippen LogP contribution in [0.1, 0.15) is 11.6 Å². The number of para-hydroxylation sites is 2. The van der Waals surface area contributed by atoms with E-state index in [1.54, 1.807) is 7.11 Å². The quantitative estimate of drug-likeness (QED) is 0.837. The minimum Gasteiger partial charge on any atom is -0.495 e. The molecule has 0 fully saturated rings. The van der Waals surface area contributed by atoms with Gasteiger partial charge in [-0.15, -0.1) is 21.8 Å². The van der Waals surface area contributed by atoms with Gasteiger partial charge < -0.3 is 10.5 Å². The second-order valence-electron chi connectivity index (χ2n) is 3.38. The summed E-state index contributed by atoms with van der Waals surface area (Å²) in [6, 6.07) is 7.59. The molecule has 1 heterocycles. The van der Waals surface area contributed by atoms with Crippen LogP contribution in [-0.4, -0.2) is 21.9 Å². The fourth-order valence-corrected chi connectivity index (χ4v) is 1.84. The van der Waals surface area contributed by atoms with Gasteiger partial charge in [-0.3, -0.25) is 4.57 Å². The number of methoxy groups -OCH3 is 1. The van der Waals surface area contributed by atoms with E-state index in [9.17, 15) is 0 Å². The number of aromatic nitrogens is 3. The number of nitrogens with zero attached hydrogens (tertiary/aromatic N) is 3. The van der Waals surface area contributed by atoms with Crippen LogP contribution < -0.4 is 10.5 Å². The van der Waals surface area contributed by atoms with Crippen LogP contribution >= 0.6 is 11.6 Å². The molecule has 0 aliphatic carbocycles. The number of nitrogens with two attached hydrogens (primary N) is 1. The number of benzene rings is 1. The molecular formula is C11H13ClN4O. The molecule has 5 nitrogen and oxygen atoms in total. The Hall–Kier alpha value is -1.59. The van der Waals surface area contributed by atoms with Gasteiger partial charge in [-0.2, -0.15) is 0 Å². The molecule has 0 aliphatic rings. The predicted octanol–water partition coefficient (Wildman–Crippen LogP) is 1.47. The molecule has 2 aromatic rings. The molecule has 0 saturated carbocycles. The molecule has 17 heavy (non-hydrogen) atoms. The van der Waals surface area contributed by atoms with Gasteiger partial charge in [-0.1, -0.05) is 12.1 Å². The summed E-state index contributed by atoms with van der Waals surface area (Å²) >= 11 is 5.84. The molecule has 6 heteroatoms. The van der Waals surface area contributed by atoms with Crippen LogP contribution in [-0.2, 0) is 12.4 Å². The van der Waals surface area contributed by atoms with Gasteiger partial charge in [0.25, 0.3) is 0 Å². The van der Waals surface area contributed by atoms with Gasteiger partial charge in [0.2, 0.25) is 0 Å². The van der Waals surface area contributed by atoms with Crippen molar-refractivity contribution in [3.63, 3.8) is 0 Å². The SMILES string of the molecule is COc1ccccc1-n1c(CN)nnc1CCl. The van der Waals surface area contributed by atoms with Crippen molar-refractivity contribution < 1.29 is 4.74 Å². The summed E-state index contributed by atoms with van der Waals surface area (Å²) < 4.78 is 7.13. The molecule has 0 radical (unpaired) electrons. The van der Waals surface area contributed by atoms with Crippen LogP contribution in [0.25, 0.3) is 5.69 Å². The molecule has 0 aliphatic heterocycles. The summed E-state index contributed by atoms with van der Waals surface area (Å²) in [7, 11) is 1.62. The van der Waals surface area contributed by atoms with Crippen molar-refractivity contribution in [2.24, 2.45) is 5.73 Å². The van der Waals surface area contributed by atoms with Gasteiger partial charge in [0.1, 0.15) is 5.75 Å².